The Morgan fingerprint density at radius 3 is 2.83 bits per heavy atom. The van der Waals surface area contributed by atoms with Crippen molar-refractivity contribution in [3.8, 4) is 0 Å². The second-order valence-corrected chi connectivity index (χ2v) is 8.16. The monoisotopic (exact) mass is 396 g/mol. The van der Waals surface area contributed by atoms with Gasteiger partial charge in [-0.2, -0.15) is 9.61 Å². The molecule has 2 saturated carbocycles. The molecule has 0 spiro atoms. The van der Waals surface area contributed by atoms with Gasteiger partial charge in [-0.25, -0.2) is 4.98 Å². The Morgan fingerprint density at radius 2 is 2.14 bits per heavy atom. The van der Waals surface area contributed by atoms with Gasteiger partial charge in [-0.1, -0.05) is 0 Å². The molecule has 29 heavy (non-hydrogen) atoms. The molecule has 2 atom stereocenters. The molecule has 1 aliphatic heterocycles. The van der Waals surface area contributed by atoms with Crippen LogP contribution < -0.4 is 16.0 Å². The number of rotatable bonds is 6. The number of aliphatic hydroxyl groups excluding tert-OH is 1. The summed E-state index contributed by atoms with van der Waals surface area (Å²) in [6, 6.07) is 1.89. The van der Waals surface area contributed by atoms with E-state index in [2.05, 4.69) is 21.0 Å². The number of nitrogens with one attached hydrogen (secondary N) is 3. The molecule has 3 fully saturated rings. The lowest BCUT2D eigenvalue weighted by Gasteiger charge is -2.18. The molecule has 1 saturated heterocycles. The van der Waals surface area contributed by atoms with Crippen molar-refractivity contribution < 1.29 is 14.7 Å². The lowest BCUT2D eigenvalue weighted by molar-refractivity contribution is -0.124. The van der Waals surface area contributed by atoms with Gasteiger partial charge in [-0.3, -0.25) is 14.9 Å². The fraction of sp³-hybridized carbons (Fsp3) is 0.500. The first-order valence-electron chi connectivity index (χ1n) is 10.2. The molecule has 4 N–H and O–H groups in total. The van der Waals surface area contributed by atoms with E-state index in [0.29, 0.717) is 28.5 Å². The van der Waals surface area contributed by atoms with Gasteiger partial charge >= 0.3 is 0 Å². The summed E-state index contributed by atoms with van der Waals surface area (Å²) in [5.41, 5.74) is 1.68. The minimum Gasteiger partial charge on any atom is -0.391 e. The minimum absolute atomic E-state index is 0.0239. The Labute approximate surface area is 167 Å². The third kappa shape index (κ3) is 3.69. The Bertz CT molecular complexity index is 1010. The van der Waals surface area contributed by atoms with Crippen LogP contribution >= 0.6 is 0 Å². The zero-order valence-electron chi connectivity index (χ0n) is 16.0. The third-order valence-electron chi connectivity index (χ3n) is 5.81. The predicted octanol–water partition coefficient (Wildman–Crippen LogP) is 1.31. The van der Waals surface area contributed by atoms with Crippen molar-refractivity contribution in [1.29, 1.82) is 0 Å². The van der Waals surface area contributed by atoms with Gasteiger partial charge in [0.25, 0.3) is 5.91 Å². The van der Waals surface area contributed by atoms with E-state index in [4.69, 9.17) is 4.98 Å². The summed E-state index contributed by atoms with van der Waals surface area (Å²) in [6.07, 6.45) is 8.17. The largest absolute Gasteiger partial charge is 0.391 e. The first kappa shape index (κ1) is 18.1. The van der Waals surface area contributed by atoms with Crippen molar-refractivity contribution in [3.05, 3.63) is 23.4 Å². The molecule has 3 heterocycles. The molecule has 9 nitrogen and oxygen atoms in total. The maximum atomic E-state index is 11.9. The van der Waals surface area contributed by atoms with Gasteiger partial charge in [0.05, 0.1) is 24.8 Å². The van der Waals surface area contributed by atoms with E-state index < -0.39 is 0 Å². The average Bonchev–Trinajstić information content (AvgIpc) is 3.18. The molecule has 0 aromatic carbocycles. The second kappa shape index (κ2) is 7.14. The van der Waals surface area contributed by atoms with Crippen molar-refractivity contribution in [2.75, 3.05) is 17.2 Å². The quantitative estimate of drug-likeness (QED) is 0.429. The Hall–Kier alpha value is -2.94. The summed E-state index contributed by atoms with van der Waals surface area (Å²) in [6.45, 7) is 0.873. The van der Waals surface area contributed by atoms with E-state index in [0.717, 1.165) is 31.6 Å². The Kier molecular flexibility index (Phi) is 4.46. The second-order valence-electron chi connectivity index (χ2n) is 8.16. The smallest absolute Gasteiger partial charge is 0.254 e. The first-order valence-corrected chi connectivity index (χ1v) is 10.2. The van der Waals surface area contributed by atoms with Crippen molar-refractivity contribution in [1.82, 2.24) is 19.9 Å². The number of imide groups is 1. The van der Waals surface area contributed by atoms with Crippen LogP contribution in [0, 0.1) is 5.92 Å². The van der Waals surface area contributed by atoms with Crippen LogP contribution in [0.1, 0.15) is 44.1 Å². The van der Waals surface area contributed by atoms with Gasteiger partial charge in [-0.05, 0) is 44.1 Å². The number of aromatic nitrogens is 3. The highest BCUT2D eigenvalue weighted by atomic mass is 16.3. The Balaban J connectivity index is 1.51. The molecule has 3 aliphatic rings. The molecule has 9 heteroatoms. The Morgan fingerprint density at radius 1 is 1.28 bits per heavy atom. The molecule has 2 amide bonds. The van der Waals surface area contributed by atoms with Gasteiger partial charge < -0.3 is 15.7 Å². The number of carbonyl (C=O) groups excluding carboxylic acids is 2. The van der Waals surface area contributed by atoms with Crippen LogP contribution in [0.3, 0.4) is 0 Å². The van der Waals surface area contributed by atoms with E-state index in [1.54, 1.807) is 16.8 Å². The van der Waals surface area contributed by atoms with Crippen LogP contribution in [-0.4, -0.2) is 50.2 Å². The standard InChI is InChI=1S/C20H24N6O3/c27-15-3-1-2-14(15)23-16-8-17(21-9-11-4-5-11)26-19(24-16)13(10-22-26)6-12-7-18(28)25-20(12)29/h6,8,10-11,14-15,21,27H,1-5,7,9H2,(H,23,24)(H,25,28,29)/b12-6+/t14?,15-/m0/s1. The van der Waals surface area contributed by atoms with Crippen LogP contribution in [0.15, 0.2) is 17.8 Å². The molecule has 2 aromatic rings. The maximum Gasteiger partial charge on any atom is 0.254 e. The highest BCUT2D eigenvalue weighted by Gasteiger charge is 2.27. The van der Waals surface area contributed by atoms with Gasteiger partial charge in [-0.15, -0.1) is 0 Å². The van der Waals surface area contributed by atoms with E-state index in [-0.39, 0.29) is 30.4 Å². The predicted molar refractivity (Wildman–Crippen MR) is 107 cm³/mol. The van der Waals surface area contributed by atoms with Crippen LogP contribution in [0.5, 0.6) is 0 Å². The number of hydrogen-bond acceptors (Lipinski definition) is 7. The van der Waals surface area contributed by atoms with Gasteiger partial charge in [0.2, 0.25) is 5.91 Å². The van der Waals surface area contributed by atoms with Gasteiger partial charge in [0.1, 0.15) is 11.6 Å². The van der Waals surface area contributed by atoms with Crippen molar-refractivity contribution in [3.63, 3.8) is 0 Å². The van der Waals surface area contributed by atoms with E-state index >= 15 is 0 Å². The number of carbonyl (C=O) groups is 2. The van der Waals surface area contributed by atoms with Crippen LogP contribution in [0.25, 0.3) is 11.7 Å². The topological polar surface area (TPSA) is 121 Å². The molecule has 1 unspecified atom stereocenters. The normalized spacial score (nSPS) is 25.8. The number of aliphatic hydroxyl groups is 1. The number of amides is 2. The lowest BCUT2D eigenvalue weighted by atomic mass is 10.1. The lowest BCUT2D eigenvalue weighted by Crippen LogP contribution is -2.28. The fourth-order valence-corrected chi connectivity index (χ4v) is 3.96. The molecule has 2 aromatic heterocycles. The summed E-state index contributed by atoms with van der Waals surface area (Å²) in [5, 5.41) is 23.7. The number of fused-ring (bicyclic) bond motifs is 1. The first-order chi connectivity index (χ1) is 14.1. The zero-order chi connectivity index (χ0) is 20.0. The molecular weight excluding hydrogens is 372 g/mol. The molecule has 0 bridgehead atoms. The number of anilines is 2. The minimum atomic E-state index is -0.379. The van der Waals surface area contributed by atoms with Crippen molar-refractivity contribution in [2.24, 2.45) is 5.92 Å². The van der Waals surface area contributed by atoms with Crippen molar-refractivity contribution >= 4 is 35.2 Å². The van der Waals surface area contributed by atoms with Crippen molar-refractivity contribution in [2.45, 2.75) is 50.7 Å². The van der Waals surface area contributed by atoms with E-state index in [1.165, 1.54) is 12.8 Å². The molecular formula is C20H24N6O3. The van der Waals surface area contributed by atoms with E-state index in [1.807, 2.05) is 6.07 Å². The fourth-order valence-electron chi connectivity index (χ4n) is 3.96. The summed E-state index contributed by atoms with van der Waals surface area (Å²) >= 11 is 0. The molecule has 0 radical (unpaired) electrons. The van der Waals surface area contributed by atoms with Crippen LogP contribution in [-0.2, 0) is 9.59 Å². The SMILES string of the molecule is O=C1C/C(=C\c2cnn3c(NCC4CC4)cc(NC4CCC[C@@H]4O)nc23)C(=O)N1. The highest BCUT2D eigenvalue weighted by Crippen LogP contribution is 2.30. The summed E-state index contributed by atoms with van der Waals surface area (Å²) in [7, 11) is 0. The number of hydrogen-bond donors (Lipinski definition) is 4. The molecule has 5 rings (SSSR count). The zero-order valence-corrected chi connectivity index (χ0v) is 16.0. The summed E-state index contributed by atoms with van der Waals surface area (Å²) in [5.74, 6) is 1.50. The van der Waals surface area contributed by atoms with E-state index in [9.17, 15) is 14.7 Å². The highest BCUT2D eigenvalue weighted by molar-refractivity contribution is 6.15. The van der Waals surface area contributed by atoms with Crippen LogP contribution in [0.4, 0.5) is 11.6 Å². The number of nitrogens with zero attached hydrogens (tertiary/aromatic N) is 3. The third-order valence-corrected chi connectivity index (χ3v) is 5.81. The maximum absolute atomic E-state index is 11.9. The molecule has 2 aliphatic carbocycles. The van der Waals surface area contributed by atoms with Crippen LogP contribution in [0.2, 0.25) is 0 Å². The average molecular weight is 396 g/mol. The molecule has 152 valence electrons. The summed E-state index contributed by atoms with van der Waals surface area (Å²) in [4.78, 5) is 28.1. The van der Waals surface area contributed by atoms with Gasteiger partial charge in [0.15, 0.2) is 5.65 Å². The van der Waals surface area contributed by atoms with Gasteiger partial charge in [0, 0.05) is 23.7 Å². The summed E-state index contributed by atoms with van der Waals surface area (Å²) < 4.78 is 1.72.